The summed E-state index contributed by atoms with van der Waals surface area (Å²) in [6.07, 6.45) is 0. The SMILES string of the molecule is CC.COc1ccccc1NC(=O)C(C)C(C)(C)C. The van der Waals surface area contributed by atoms with Crippen LogP contribution in [0.25, 0.3) is 0 Å². The average Bonchev–Trinajstić information content (AvgIpc) is 2.39. The molecule has 1 unspecified atom stereocenters. The third-order valence-corrected chi connectivity index (χ3v) is 3.06. The van der Waals surface area contributed by atoms with Crippen LogP contribution in [-0.2, 0) is 4.79 Å². The lowest BCUT2D eigenvalue weighted by Crippen LogP contribution is -2.30. The standard InChI is InChI=1S/C14H21NO2.C2H6/c1-10(14(2,3)4)13(16)15-11-8-6-7-9-12(11)17-5;1-2/h6-10H,1-5H3,(H,15,16);1-2H3. The number of carbonyl (C=O) groups is 1. The Balaban J connectivity index is 0.00000154. The fraction of sp³-hybridized carbons (Fsp3) is 0.562. The Bertz CT molecular complexity index is 394. The summed E-state index contributed by atoms with van der Waals surface area (Å²) in [6, 6.07) is 7.42. The fourth-order valence-corrected chi connectivity index (χ4v) is 1.38. The van der Waals surface area contributed by atoms with E-state index in [9.17, 15) is 4.79 Å². The lowest BCUT2D eigenvalue weighted by Gasteiger charge is -2.26. The number of ether oxygens (including phenoxy) is 1. The van der Waals surface area contributed by atoms with E-state index in [1.807, 2.05) is 45.0 Å². The zero-order valence-corrected chi connectivity index (χ0v) is 13.2. The van der Waals surface area contributed by atoms with Gasteiger partial charge in [0, 0.05) is 5.92 Å². The summed E-state index contributed by atoms with van der Waals surface area (Å²) < 4.78 is 5.20. The van der Waals surface area contributed by atoms with Gasteiger partial charge in [0.15, 0.2) is 0 Å². The number of para-hydroxylation sites is 2. The van der Waals surface area contributed by atoms with E-state index < -0.39 is 0 Å². The number of hydrogen-bond donors (Lipinski definition) is 1. The first-order valence-electron chi connectivity index (χ1n) is 6.80. The average molecular weight is 265 g/mol. The third-order valence-electron chi connectivity index (χ3n) is 3.06. The molecule has 0 radical (unpaired) electrons. The lowest BCUT2D eigenvalue weighted by atomic mass is 9.81. The van der Waals surface area contributed by atoms with Crippen LogP contribution in [0.15, 0.2) is 24.3 Å². The van der Waals surface area contributed by atoms with Crippen molar-refractivity contribution in [2.45, 2.75) is 41.5 Å². The van der Waals surface area contributed by atoms with Gasteiger partial charge in [0.2, 0.25) is 5.91 Å². The first kappa shape index (κ1) is 17.5. The molecule has 0 aliphatic heterocycles. The van der Waals surface area contributed by atoms with Gasteiger partial charge < -0.3 is 10.1 Å². The molecule has 0 aliphatic rings. The molecule has 1 aromatic rings. The second-order valence-corrected chi connectivity index (χ2v) is 5.28. The van der Waals surface area contributed by atoms with E-state index in [1.54, 1.807) is 7.11 Å². The third kappa shape index (κ3) is 5.33. The first-order valence-corrected chi connectivity index (χ1v) is 6.80. The summed E-state index contributed by atoms with van der Waals surface area (Å²) in [6.45, 7) is 12.1. The molecule has 0 spiro atoms. The molecule has 0 bridgehead atoms. The Morgan fingerprint density at radius 3 is 2.21 bits per heavy atom. The van der Waals surface area contributed by atoms with E-state index in [1.165, 1.54) is 0 Å². The summed E-state index contributed by atoms with van der Waals surface area (Å²) in [5.41, 5.74) is 0.669. The highest BCUT2D eigenvalue weighted by Crippen LogP contribution is 2.29. The topological polar surface area (TPSA) is 38.3 Å². The highest BCUT2D eigenvalue weighted by molar-refractivity contribution is 5.94. The van der Waals surface area contributed by atoms with Crippen LogP contribution in [0.5, 0.6) is 5.75 Å². The number of benzene rings is 1. The number of rotatable bonds is 3. The second kappa shape index (κ2) is 7.82. The quantitative estimate of drug-likeness (QED) is 0.882. The van der Waals surface area contributed by atoms with Crippen LogP contribution in [0, 0.1) is 11.3 Å². The minimum atomic E-state index is -0.0626. The van der Waals surface area contributed by atoms with Crippen molar-refractivity contribution in [2.24, 2.45) is 11.3 Å². The van der Waals surface area contributed by atoms with E-state index in [4.69, 9.17) is 4.74 Å². The normalized spacial score (nSPS) is 11.9. The van der Waals surface area contributed by atoms with Gasteiger partial charge in [0.05, 0.1) is 12.8 Å². The molecule has 1 aromatic carbocycles. The molecule has 1 rings (SSSR count). The Morgan fingerprint density at radius 1 is 1.21 bits per heavy atom. The zero-order chi connectivity index (χ0) is 15.1. The Morgan fingerprint density at radius 2 is 1.74 bits per heavy atom. The van der Waals surface area contributed by atoms with Crippen molar-refractivity contribution in [3.8, 4) is 5.75 Å². The van der Waals surface area contributed by atoms with Gasteiger partial charge in [-0.1, -0.05) is 53.7 Å². The predicted octanol–water partition coefficient (Wildman–Crippen LogP) is 4.34. The molecular formula is C16H27NO2. The van der Waals surface area contributed by atoms with Crippen molar-refractivity contribution in [1.29, 1.82) is 0 Å². The molecule has 108 valence electrons. The summed E-state index contributed by atoms with van der Waals surface area (Å²) in [5.74, 6) is 0.636. The maximum absolute atomic E-state index is 12.1. The van der Waals surface area contributed by atoms with E-state index in [2.05, 4.69) is 26.1 Å². The van der Waals surface area contributed by atoms with Gasteiger partial charge in [0.25, 0.3) is 0 Å². The molecule has 0 saturated carbocycles. The van der Waals surface area contributed by atoms with Crippen LogP contribution in [0.4, 0.5) is 5.69 Å². The highest BCUT2D eigenvalue weighted by Gasteiger charge is 2.27. The van der Waals surface area contributed by atoms with Gasteiger partial charge in [-0.3, -0.25) is 4.79 Å². The molecule has 1 amide bonds. The maximum atomic E-state index is 12.1. The molecule has 1 N–H and O–H groups in total. The monoisotopic (exact) mass is 265 g/mol. The van der Waals surface area contributed by atoms with Gasteiger partial charge in [-0.25, -0.2) is 0 Å². The molecule has 0 saturated heterocycles. The van der Waals surface area contributed by atoms with Crippen molar-refractivity contribution in [2.75, 3.05) is 12.4 Å². The minimum Gasteiger partial charge on any atom is -0.495 e. The Hall–Kier alpha value is -1.51. The molecule has 19 heavy (non-hydrogen) atoms. The molecule has 0 heterocycles. The van der Waals surface area contributed by atoms with Gasteiger partial charge in [-0.2, -0.15) is 0 Å². The summed E-state index contributed by atoms with van der Waals surface area (Å²) >= 11 is 0. The number of hydrogen-bond acceptors (Lipinski definition) is 2. The van der Waals surface area contributed by atoms with Crippen LogP contribution in [0.1, 0.15) is 41.5 Å². The van der Waals surface area contributed by atoms with Crippen LogP contribution in [-0.4, -0.2) is 13.0 Å². The molecule has 3 nitrogen and oxygen atoms in total. The summed E-state index contributed by atoms with van der Waals surface area (Å²) in [4.78, 5) is 12.1. The minimum absolute atomic E-state index is 0.0157. The van der Waals surface area contributed by atoms with Crippen molar-refractivity contribution in [3.63, 3.8) is 0 Å². The van der Waals surface area contributed by atoms with Crippen molar-refractivity contribution in [1.82, 2.24) is 0 Å². The lowest BCUT2D eigenvalue weighted by molar-refractivity contribution is -0.122. The van der Waals surface area contributed by atoms with E-state index in [-0.39, 0.29) is 17.2 Å². The Labute approximate surface area is 117 Å². The fourth-order valence-electron chi connectivity index (χ4n) is 1.38. The van der Waals surface area contributed by atoms with Gasteiger partial charge in [-0.15, -0.1) is 0 Å². The van der Waals surface area contributed by atoms with Crippen molar-refractivity contribution in [3.05, 3.63) is 24.3 Å². The first-order chi connectivity index (χ1) is 8.86. The molecule has 0 aromatic heterocycles. The second-order valence-electron chi connectivity index (χ2n) is 5.28. The van der Waals surface area contributed by atoms with Crippen molar-refractivity contribution >= 4 is 11.6 Å². The van der Waals surface area contributed by atoms with Gasteiger partial charge in [0.1, 0.15) is 5.75 Å². The van der Waals surface area contributed by atoms with Crippen LogP contribution >= 0.6 is 0 Å². The van der Waals surface area contributed by atoms with Crippen LogP contribution in [0.2, 0.25) is 0 Å². The van der Waals surface area contributed by atoms with E-state index in [0.29, 0.717) is 5.75 Å². The smallest absolute Gasteiger partial charge is 0.227 e. The van der Waals surface area contributed by atoms with E-state index in [0.717, 1.165) is 5.69 Å². The van der Waals surface area contributed by atoms with E-state index >= 15 is 0 Å². The van der Waals surface area contributed by atoms with Gasteiger partial charge in [-0.05, 0) is 17.5 Å². The van der Waals surface area contributed by atoms with Crippen molar-refractivity contribution < 1.29 is 9.53 Å². The maximum Gasteiger partial charge on any atom is 0.227 e. The largest absolute Gasteiger partial charge is 0.495 e. The Kier molecular flexibility index (Phi) is 7.20. The van der Waals surface area contributed by atoms with Crippen LogP contribution < -0.4 is 10.1 Å². The molecule has 0 fully saturated rings. The summed E-state index contributed by atoms with van der Waals surface area (Å²) in [5, 5.41) is 2.90. The number of anilines is 1. The molecular weight excluding hydrogens is 238 g/mol. The summed E-state index contributed by atoms with van der Waals surface area (Å²) in [7, 11) is 1.60. The number of amides is 1. The van der Waals surface area contributed by atoms with Gasteiger partial charge >= 0.3 is 0 Å². The zero-order valence-electron chi connectivity index (χ0n) is 13.2. The number of nitrogens with one attached hydrogen (secondary N) is 1. The molecule has 0 aliphatic carbocycles. The number of methoxy groups -OCH3 is 1. The van der Waals surface area contributed by atoms with Crippen LogP contribution in [0.3, 0.4) is 0 Å². The highest BCUT2D eigenvalue weighted by atomic mass is 16.5. The molecule has 3 heteroatoms. The predicted molar refractivity (Wildman–Crippen MR) is 81.6 cm³/mol. The number of carbonyl (C=O) groups excluding carboxylic acids is 1. The molecule has 1 atom stereocenters.